The van der Waals surface area contributed by atoms with Gasteiger partial charge in [-0.15, -0.1) is 0 Å². The van der Waals surface area contributed by atoms with Crippen molar-refractivity contribution in [3.8, 4) is 0 Å². The largest absolute Gasteiger partial charge is 0.361 e. The fourth-order valence-electron chi connectivity index (χ4n) is 4.76. The summed E-state index contributed by atoms with van der Waals surface area (Å²) in [6.07, 6.45) is 5.62. The number of hydrogen-bond acceptors (Lipinski definition) is 7. The molecule has 0 saturated carbocycles. The molecule has 1 aromatic carbocycles. The molecular formula is C30H41N9O4. The quantitative estimate of drug-likeness (QED) is 0.109. The second-order valence-corrected chi connectivity index (χ2v) is 11.3. The van der Waals surface area contributed by atoms with E-state index >= 15 is 0 Å². The van der Waals surface area contributed by atoms with Crippen LogP contribution in [0.25, 0.3) is 10.9 Å². The molecule has 13 heteroatoms. The van der Waals surface area contributed by atoms with Crippen LogP contribution in [-0.2, 0) is 38.5 Å². The van der Waals surface area contributed by atoms with E-state index in [9.17, 15) is 14.4 Å². The summed E-state index contributed by atoms with van der Waals surface area (Å²) in [6, 6.07) is 4.70. The van der Waals surface area contributed by atoms with Gasteiger partial charge in [0.2, 0.25) is 11.8 Å². The predicted octanol–water partition coefficient (Wildman–Crippen LogP) is 1.86. The molecule has 4 rings (SSSR count). The molecular weight excluding hydrogens is 550 g/mol. The fraction of sp³-hybridized carbons (Fsp3) is 0.433. The zero-order valence-corrected chi connectivity index (χ0v) is 25.2. The lowest BCUT2D eigenvalue weighted by molar-refractivity contribution is -0.137. The zero-order chi connectivity index (χ0) is 31.1. The molecule has 4 aromatic rings. The summed E-state index contributed by atoms with van der Waals surface area (Å²) < 4.78 is 0. The van der Waals surface area contributed by atoms with Crippen LogP contribution in [0.3, 0.4) is 0 Å². The minimum absolute atomic E-state index is 0.131. The molecule has 0 saturated heterocycles. The molecule has 0 radical (unpaired) electrons. The van der Waals surface area contributed by atoms with Crippen LogP contribution in [0.2, 0.25) is 0 Å². The van der Waals surface area contributed by atoms with E-state index in [4.69, 9.17) is 10.6 Å². The van der Waals surface area contributed by atoms with E-state index < -0.39 is 35.8 Å². The van der Waals surface area contributed by atoms with Crippen molar-refractivity contribution in [3.05, 3.63) is 71.5 Å². The van der Waals surface area contributed by atoms with Gasteiger partial charge in [-0.2, -0.15) is 0 Å². The number of nitrogens with two attached hydrogens (primary N) is 1. The normalized spacial score (nSPS) is 13.7. The van der Waals surface area contributed by atoms with Crippen LogP contribution in [0.1, 0.15) is 68.1 Å². The Balaban J connectivity index is 1.55. The van der Waals surface area contributed by atoms with E-state index in [0.717, 1.165) is 33.8 Å². The summed E-state index contributed by atoms with van der Waals surface area (Å²) in [5, 5.41) is 6.54. The maximum atomic E-state index is 13.8. The van der Waals surface area contributed by atoms with Crippen LogP contribution in [0, 0.1) is 0 Å². The van der Waals surface area contributed by atoms with Crippen molar-refractivity contribution >= 4 is 28.6 Å². The summed E-state index contributed by atoms with van der Waals surface area (Å²) >= 11 is 0. The summed E-state index contributed by atoms with van der Waals surface area (Å²) in [5.74, 6) is 0.327. The number of amides is 3. The van der Waals surface area contributed by atoms with Crippen LogP contribution in [0.15, 0.2) is 42.9 Å². The number of hydrogen-bond donors (Lipinski definition) is 7. The Labute approximate surface area is 250 Å². The minimum Gasteiger partial charge on any atom is -0.361 e. The summed E-state index contributed by atoms with van der Waals surface area (Å²) in [7, 11) is 1.31. The van der Waals surface area contributed by atoms with Gasteiger partial charge in [-0.05, 0) is 11.6 Å². The number of benzene rings is 1. The number of aromatic amines is 3. The van der Waals surface area contributed by atoms with Gasteiger partial charge in [0.25, 0.3) is 5.91 Å². The van der Waals surface area contributed by atoms with E-state index in [-0.39, 0.29) is 31.1 Å². The number of rotatable bonds is 14. The lowest BCUT2D eigenvalue weighted by Crippen LogP contribution is -2.57. The Morgan fingerprint density at radius 2 is 1.42 bits per heavy atom. The number of nitrogens with one attached hydrogen (secondary N) is 6. The van der Waals surface area contributed by atoms with Crippen molar-refractivity contribution < 1.29 is 19.2 Å². The molecule has 0 aliphatic rings. The standard InChI is InChI=1S/C30H41N9O4/c1-16(2)26-33-14-19(35-26)11-22(31)28(40)37-24(10-18-13-32-23-9-7-6-8-21(18)23)29(41)38-25(30(42)39-43-5)12-20-15-34-27(36-20)17(3)4/h6-9,13-17,22,24-25,32H,10-12,31H2,1-5H3,(H,33,35)(H,34,36)(H,37,40)(H,38,41)(H,39,42)/t22-,24-,25-/m0/s1. The van der Waals surface area contributed by atoms with Crippen LogP contribution in [-0.4, -0.2) is 67.9 Å². The van der Waals surface area contributed by atoms with E-state index in [2.05, 4.69) is 41.0 Å². The van der Waals surface area contributed by atoms with Crippen molar-refractivity contribution in [1.29, 1.82) is 0 Å². The fourth-order valence-corrected chi connectivity index (χ4v) is 4.76. The van der Waals surface area contributed by atoms with E-state index in [0.29, 0.717) is 5.69 Å². The van der Waals surface area contributed by atoms with Gasteiger partial charge in [0.15, 0.2) is 0 Å². The molecule has 0 aliphatic carbocycles. The molecule has 3 atom stereocenters. The average molecular weight is 592 g/mol. The first-order valence-corrected chi connectivity index (χ1v) is 14.4. The molecule has 230 valence electrons. The van der Waals surface area contributed by atoms with Gasteiger partial charge in [0.05, 0.1) is 13.2 Å². The van der Waals surface area contributed by atoms with E-state index in [1.807, 2.05) is 58.2 Å². The smallest absolute Gasteiger partial charge is 0.266 e. The Hall–Kier alpha value is -4.49. The molecule has 0 unspecified atom stereocenters. The average Bonchev–Trinajstić information content (AvgIpc) is 3.73. The lowest BCUT2D eigenvalue weighted by Gasteiger charge is -2.24. The number of H-pyrrole nitrogens is 3. The second kappa shape index (κ2) is 14.1. The third-order valence-electron chi connectivity index (χ3n) is 7.16. The van der Waals surface area contributed by atoms with Gasteiger partial charge >= 0.3 is 0 Å². The highest BCUT2D eigenvalue weighted by atomic mass is 16.6. The van der Waals surface area contributed by atoms with E-state index in [1.165, 1.54) is 7.11 Å². The number of nitrogens with zero attached hydrogens (tertiary/aromatic N) is 2. The molecule has 43 heavy (non-hydrogen) atoms. The zero-order valence-electron chi connectivity index (χ0n) is 25.2. The molecule has 13 nitrogen and oxygen atoms in total. The Morgan fingerprint density at radius 1 is 0.837 bits per heavy atom. The monoisotopic (exact) mass is 591 g/mol. The van der Waals surface area contributed by atoms with Gasteiger partial charge in [0, 0.05) is 72.0 Å². The van der Waals surface area contributed by atoms with Crippen molar-refractivity contribution in [1.82, 2.24) is 41.0 Å². The maximum Gasteiger partial charge on any atom is 0.266 e. The third kappa shape index (κ3) is 8.08. The Morgan fingerprint density at radius 3 is 2.02 bits per heavy atom. The van der Waals surface area contributed by atoms with Crippen molar-refractivity contribution in [3.63, 3.8) is 0 Å². The summed E-state index contributed by atoms with van der Waals surface area (Å²) in [6.45, 7) is 8.02. The topological polar surface area (TPSA) is 196 Å². The Kier molecular flexibility index (Phi) is 10.3. The first-order chi connectivity index (χ1) is 20.5. The molecule has 3 aromatic heterocycles. The molecule has 8 N–H and O–H groups in total. The number of para-hydroxylation sites is 1. The number of carbonyl (C=O) groups is 3. The molecule has 0 spiro atoms. The maximum absolute atomic E-state index is 13.8. The SMILES string of the molecule is CONC(=O)[C@H](Cc1cnc(C(C)C)[nH]1)NC(=O)[C@H](Cc1c[nH]c2ccccc12)NC(=O)[C@@H](N)Cc1cnc(C(C)C)[nH]1. The number of imidazole rings is 2. The first kappa shape index (κ1) is 31.4. The third-order valence-corrected chi connectivity index (χ3v) is 7.16. The number of fused-ring (bicyclic) bond motifs is 1. The van der Waals surface area contributed by atoms with Crippen LogP contribution in [0.5, 0.6) is 0 Å². The minimum atomic E-state index is -1.03. The number of hydroxylamine groups is 1. The van der Waals surface area contributed by atoms with Gasteiger partial charge < -0.3 is 31.3 Å². The molecule has 3 heterocycles. The van der Waals surface area contributed by atoms with Gasteiger partial charge in [-0.3, -0.25) is 19.2 Å². The molecule has 0 fully saturated rings. The van der Waals surface area contributed by atoms with Gasteiger partial charge in [-0.25, -0.2) is 15.4 Å². The van der Waals surface area contributed by atoms with Crippen LogP contribution in [0.4, 0.5) is 0 Å². The second-order valence-electron chi connectivity index (χ2n) is 11.3. The highest BCUT2D eigenvalue weighted by Gasteiger charge is 2.30. The van der Waals surface area contributed by atoms with Crippen LogP contribution >= 0.6 is 0 Å². The van der Waals surface area contributed by atoms with Gasteiger partial charge in [0.1, 0.15) is 23.7 Å². The molecule has 0 aliphatic heterocycles. The number of carbonyl (C=O) groups excluding carboxylic acids is 3. The first-order valence-electron chi connectivity index (χ1n) is 14.4. The van der Waals surface area contributed by atoms with E-state index in [1.54, 1.807) is 12.4 Å². The summed E-state index contributed by atoms with van der Waals surface area (Å²) in [4.78, 5) is 63.1. The summed E-state index contributed by atoms with van der Waals surface area (Å²) in [5.41, 5.74) is 11.7. The van der Waals surface area contributed by atoms with Crippen molar-refractivity contribution in [2.24, 2.45) is 5.73 Å². The van der Waals surface area contributed by atoms with Gasteiger partial charge in [-0.1, -0.05) is 45.9 Å². The molecule has 0 bridgehead atoms. The van der Waals surface area contributed by atoms with Crippen molar-refractivity contribution in [2.75, 3.05) is 7.11 Å². The highest BCUT2D eigenvalue weighted by molar-refractivity contribution is 5.94. The Bertz CT molecular complexity index is 1540. The van der Waals surface area contributed by atoms with Crippen LogP contribution < -0.4 is 21.8 Å². The predicted molar refractivity (Wildman–Crippen MR) is 162 cm³/mol. The lowest BCUT2D eigenvalue weighted by atomic mass is 10.0. The highest BCUT2D eigenvalue weighted by Crippen LogP contribution is 2.20. The number of aromatic nitrogens is 5. The van der Waals surface area contributed by atoms with Crippen molar-refractivity contribution in [2.45, 2.75) is 76.9 Å². The molecule has 3 amide bonds.